The van der Waals surface area contributed by atoms with E-state index >= 15 is 0 Å². The third-order valence-electron chi connectivity index (χ3n) is 1.87. The van der Waals surface area contributed by atoms with Gasteiger partial charge in [0.15, 0.2) is 5.13 Å². The van der Waals surface area contributed by atoms with E-state index in [9.17, 15) is 4.79 Å². The van der Waals surface area contributed by atoms with Crippen LogP contribution in [0, 0.1) is 6.92 Å². The van der Waals surface area contributed by atoms with Gasteiger partial charge in [-0.15, -0.1) is 0 Å². The molecule has 0 spiro atoms. The predicted molar refractivity (Wildman–Crippen MR) is 66.3 cm³/mol. The highest BCUT2D eigenvalue weighted by molar-refractivity contribution is 7.17. The van der Waals surface area contributed by atoms with E-state index in [-0.39, 0.29) is 17.0 Å². The zero-order valence-electron chi connectivity index (χ0n) is 8.77. The van der Waals surface area contributed by atoms with Crippen LogP contribution >= 0.6 is 22.9 Å². The Bertz CT molecular complexity index is 570. The van der Waals surface area contributed by atoms with Crippen molar-refractivity contribution >= 4 is 39.9 Å². The first-order valence-electron chi connectivity index (χ1n) is 4.59. The van der Waals surface area contributed by atoms with Crippen LogP contribution in [0.25, 0.3) is 0 Å². The van der Waals surface area contributed by atoms with Gasteiger partial charge in [0.05, 0.1) is 5.69 Å². The SMILES string of the molecule is Cc1nc(N)sc1C(=O)Nc1nccc(Cl)n1. The molecule has 3 N–H and O–H groups in total. The van der Waals surface area contributed by atoms with Gasteiger partial charge in [0.25, 0.3) is 5.91 Å². The number of carbonyl (C=O) groups is 1. The number of rotatable bonds is 2. The molecule has 17 heavy (non-hydrogen) atoms. The summed E-state index contributed by atoms with van der Waals surface area (Å²) in [7, 11) is 0. The molecule has 8 heteroatoms. The molecule has 0 bridgehead atoms. The monoisotopic (exact) mass is 269 g/mol. The lowest BCUT2D eigenvalue weighted by atomic mass is 10.4. The molecular formula is C9H8ClN5OS. The van der Waals surface area contributed by atoms with Gasteiger partial charge < -0.3 is 5.73 Å². The summed E-state index contributed by atoms with van der Waals surface area (Å²) in [6, 6.07) is 1.52. The summed E-state index contributed by atoms with van der Waals surface area (Å²) >= 11 is 6.79. The number of halogens is 1. The van der Waals surface area contributed by atoms with Crippen molar-refractivity contribution in [2.75, 3.05) is 11.1 Å². The Morgan fingerprint density at radius 2 is 2.29 bits per heavy atom. The van der Waals surface area contributed by atoms with Gasteiger partial charge in [0.2, 0.25) is 5.95 Å². The lowest BCUT2D eigenvalue weighted by Gasteiger charge is -2.01. The van der Waals surface area contributed by atoms with Crippen molar-refractivity contribution in [1.82, 2.24) is 15.0 Å². The van der Waals surface area contributed by atoms with Crippen molar-refractivity contribution in [3.63, 3.8) is 0 Å². The molecule has 0 atom stereocenters. The Morgan fingerprint density at radius 3 is 2.88 bits per heavy atom. The Hall–Kier alpha value is -1.73. The molecule has 6 nitrogen and oxygen atoms in total. The van der Waals surface area contributed by atoms with E-state index in [0.717, 1.165) is 11.3 Å². The number of thiazole rings is 1. The maximum Gasteiger partial charge on any atom is 0.270 e. The number of nitrogens with two attached hydrogens (primary N) is 1. The number of hydrogen-bond donors (Lipinski definition) is 2. The largest absolute Gasteiger partial charge is 0.375 e. The average molecular weight is 270 g/mol. The van der Waals surface area contributed by atoms with Gasteiger partial charge in [-0.3, -0.25) is 10.1 Å². The standard InChI is InChI=1S/C9H8ClN5OS/c1-4-6(17-8(11)13-4)7(16)15-9-12-3-2-5(10)14-9/h2-3H,1H3,(H2,11,13)(H,12,14,15,16). The molecule has 0 fully saturated rings. The molecule has 88 valence electrons. The van der Waals surface area contributed by atoms with Crippen molar-refractivity contribution < 1.29 is 4.79 Å². The molecule has 0 saturated carbocycles. The first kappa shape index (κ1) is 11.7. The van der Waals surface area contributed by atoms with Gasteiger partial charge in [-0.05, 0) is 13.0 Å². The number of amides is 1. The third kappa shape index (κ3) is 2.69. The molecule has 2 heterocycles. The highest BCUT2D eigenvalue weighted by Gasteiger charge is 2.15. The molecular weight excluding hydrogens is 262 g/mol. The minimum atomic E-state index is -0.348. The first-order valence-corrected chi connectivity index (χ1v) is 5.78. The van der Waals surface area contributed by atoms with E-state index in [0.29, 0.717) is 15.7 Å². The summed E-state index contributed by atoms with van der Waals surface area (Å²) < 4.78 is 0. The Morgan fingerprint density at radius 1 is 1.53 bits per heavy atom. The second-order valence-electron chi connectivity index (χ2n) is 3.12. The molecule has 0 unspecified atom stereocenters. The van der Waals surface area contributed by atoms with Crippen molar-refractivity contribution in [3.05, 3.63) is 28.0 Å². The lowest BCUT2D eigenvalue weighted by Crippen LogP contribution is -2.13. The van der Waals surface area contributed by atoms with Gasteiger partial charge >= 0.3 is 0 Å². The van der Waals surface area contributed by atoms with Gasteiger partial charge in [-0.2, -0.15) is 0 Å². The van der Waals surface area contributed by atoms with Crippen LogP contribution in [0.1, 0.15) is 15.4 Å². The van der Waals surface area contributed by atoms with E-state index < -0.39 is 0 Å². The Kier molecular flexibility index (Phi) is 3.21. The Labute approximate surface area is 106 Å². The van der Waals surface area contributed by atoms with Gasteiger partial charge in [-0.25, -0.2) is 15.0 Å². The molecule has 0 aliphatic heterocycles. The topological polar surface area (TPSA) is 93.8 Å². The average Bonchev–Trinajstić information content (AvgIpc) is 2.58. The van der Waals surface area contributed by atoms with Gasteiger partial charge in [-0.1, -0.05) is 22.9 Å². The minimum absolute atomic E-state index is 0.147. The van der Waals surface area contributed by atoms with Crippen molar-refractivity contribution in [2.24, 2.45) is 0 Å². The second kappa shape index (κ2) is 4.64. The van der Waals surface area contributed by atoms with Gasteiger partial charge in [0, 0.05) is 6.20 Å². The predicted octanol–water partition coefficient (Wildman–Crippen LogP) is 1.73. The van der Waals surface area contributed by atoms with E-state index in [1.807, 2.05) is 0 Å². The van der Waals surface area contributed by atoms with E-state index in [4.69, 9.17) is 17.3 Å². The summed E-state index contributed by atoms with van der Waals surface area (Å²) in [5.74, 6) is -0.201. The molecule has 2 aromatic heterocycles. The van der Waals surface area contributed by atoms with Crippen LogP contribution in [-0.2, 0) is 0 Å². The fourth-order valence-electron chi connectivity index (χ4n) is 1.18. The number of aromatic nitrogens is 3. The maximum atomic E-state index is 11.8. The number of hydrogen-bond acceptors (Lipinski definition) is 6. The molecule has 0 saturated heterocycles. The highest BCUT2D eigenvalue weighted by atomic mass is 35.5. The summed E-state index contributed by atoms with van der Waals surface area (Å²) in [6.07, 6.45) is 1.46. The molecule has 0 aliphatic rings. The number of anilines is 2. The van der Waals surface area contributed by atoms with Crippen LogP contribution in [0.4, 0.5) is 11.1 Å². The molecule has 2 rings (SSSR count). The smallest absolute Gasteiger partial charge is 0.270 e. The van der Waals surface area contributed by atoms with E-state index in [2.05, 4.69) is 20.3 Å². The van der Waals surface area contributed by atoms with E-state index in [1.165, 1.54) is 12.3 Å². The first-order chi connectivity index (χ1) is 8.06. The third-order valence-corrected chi connectivity index (χ3v) is 3.06. The number of aryl methyl sites for hydroxylation is 1. The van der Waals surface area contributed by atoms with Crippen LogP contribution in [0.15, 0.2) is 12.3 Å². The Balaban J connectivity index is 2.20. The second-order valence-corrected chi connectivity index (χ2v) is 4.54. The maximum absolute atomic E-state index is 11.8. The van der Waals surface area contributed by atoms with Gasteiger partial charge in [0.1, 0.15) is 10.0 Å². The minimum Gasteiger partial charge on any atom is -0.375 e. The zero-order valence-corrected chi connectivity index (χ0v) is 10.3. The quantitative estimate of drug-likeness (QED) is 0.810. The highest BCUT2D eigenvalue weighted by Crippen LogP contribution is 2.20. The number of carbonyl (C=O) groups excluding carboxylic acids is 1. The van der Waals surface area contributed by atoms with Crippen LogP contribution in [0.5, 0.6) is 0 Å². The van der Waals surface area contributed by atoms with Crippen LogP contribution in [0.2, 0.25) is 5.15 Å². The van der Waals surface area contributed by atoms with Crippen LogP contribution < -0.4 is 11.1 Å². The van der Waals surface area contributed by atoms with Crippen LogP contribution in [-0.4, -0.2) is 20.9 Å². The fourth-order valence-corrected chi connectivity index (χ4v) is 2.05. The lowest BCUT2D eigenvalue weighted by molar-refractivity contribution is 0.102. The summed E-state index contributed by atoms with van der Waals surface area (Å²) in [5, 5.41) is 3.13. The molecule has 0 radical (unpaired) electrons. The van der Waals surface area contributed by atoms with Crippen molar-refractivity contribution in [1.29, 1.82) is 0 Å². The van der Waals surface area contributed by atoms with Crippen molar-refractivity contribution in [2.45, 2.75) is 6.92 Å². The molecule has 2 aromatic rings. The normalized spacial score (nSPS) is 10.2. The zero-order chi connectivity index (χ0) is 12.4. The number of nitrogens with zero attached hydrogens (tertiary/aromatic N) is 3. The fraction of sp³-hybridized carbons (Fsp3) is 0.111. The molecule has 0 aromatic carbocycles. The number of nitrogens with one attached hydrogen (secondary N) is 1. The van der Waals surface area contributed by atoms with Crippen LogP contribution in [0.3, 0.4) is 0 Å². The van der Waals surface area contributed by atoms with Crippen molar-refractivity contribution in [3.8, 4) is 0 Å². The summed E-state index contributed by atoms with van der Waals surface area (Å²) in [4.78, 5) is 24.0. The molecule has 0 aliphatic carbocycles. The molecule has 1 amide bonds. The summed E-state index contributed by atoms with van der Waals surface area (Å²) in [5.41, 5.74) is 6.09. The summed E-state index contributed by atoms with van der Waals surface area (Å²) in [6.45, 7) is 1.71. The number of nitrogen functional groups attached to an aromatic ring is 1. The van der Waals surface area contributed by atoms with E-state index in [1.54, 1.807) is 6.92 Å².